The topological polar surface area (TPSA) is 12.0 Å². The number of nitrogens with one attached hydrogen (secondary N) is 1. The zero-order valence-electron chi connectivity index (χ0n) is 10.2. The van der Waals surface area contributed by atoms with Crippen LogP contribution in [0.5, 0.6) is 0 Å². The van der Waals surface area contributed by atoms with Crippen LogP contribution < -0.4 is 5.32 Å². The van der Waals surface area contributed by atoms with Gasteiger partial charge in [0.05, 0.1) is 0 Å². The van der Waals surface area contributed by atoms with E-state index in [0.29, 0.717) is 6.42 Å². The molecule has 0 fully saturated rings. The number of hydrogen-bond donors (Lipinski definition) is 1. The van der Waals surface area contributed by atoms with E-state index in [4.69, 9.17) is 0 Å². The molecule has 0 aliphatic carbocycles. The molecule has 1 unspecified atom stereocenters. The minimum atomic E-state index is -4.05. The lowest BCUT2D eigenvalue weighted by atomic mass is 10.0. The van der Waals surface area contributed by atoms with Gasteiger partial charge in [0.2, 0.25) is 0 Å². The molecule has 5 heteroatoms. The predicted octanol–water partition coefficient (Wildman–Crippen LogP) is 4.67. The molecule has 0 aliphatic rings. The Kier molecular flexibility index (Phi) is 6.42. The van der Waals surface area contributed by atoms with Crippen molar-refractivity contribution in [2.24, 2.45) is 0 Å². The van der Waals surface area contributed by atoms with E-state index in [9.17, 15) is 13.2 Å². The molecule has 1 nitrogen and oxygen atoms in total. The molecule has 1 N–H and O–H groups in total. The maximum atomic E-state index is 12.2. The molecule has 102 valence electrons. The third kappa shape index (κ3) is 5.56. The zero-order valence-corrected chi connectivity index (χ0v) is 12.4. The van der Waals surface area contributed by atoms with Gasteiger partial charge in [-0.2, -0.15) is 13.2 Å². The highest BCUT2D eigenvalue weighted by atomic mass is 127. The van der Waals surface area contributed by atoms with E-state index < -0.39 is 12.6 Å². The smallest absolute Gasteiger partial charge is 0.310 e. The van der Waals surface area contributed by atoms with Gasteiger partial charge in [-0.25, -0.2) is 0 Å². The van der Waals surface area contributed by atoms with Crippen LogP contribution in [0.15, 0.2) is 24.3 Å². The van der Waals surface area contributed by atoms with E-state index in [-0.39, 0.29) is 12.5 Å². The maximum absolute atomic E-state index is 12.2. The van der Waals surface area contributed by atoms with Crippen molar-refractivity contribution in [2.75, 3.05) is 6.54 Å². The Balaban J connectivity index is 2.63. The van der Waals surface area contributed by atoms with Crippen molar-refractivity contribution in [1.82, 2.24) is 5.32 Å². The number of rotatable bonds is 6. The Hall–Kier alpha value is -0.300. The quantitative estimate of drug-likeness (QED) is 0.717. The lowest BCUT2D eigenvalue weighted by molar-refractivity contribution is -0.135. The van der Waals surface area contributed by atoms with Crippen molar-refractivity contribution in [3.05, 3.63) is 33.4 Å². The summed E-state index contributed by atoms with van der Waals surface area (Å²) in [6, 6.07) is 7.81. The van der Waals surface area contributed by atoms with Gasteiger partial charge in [0.25, 0.3) is 0 Å². The zero-order chi connectivity index (χ0) is 13.6. The molecular weight excluding hydrogens is 354 g/mol. The summed E-state index contributed by atoms with van der Waals surface area (Å²) in [7, 11) is 0. The highest BCUT2D eigenvalue weighted by Gasteiger charge is 2.27. The van der Waals surface area contributed by atoms with Gasteiger partial charge in [-0.15, -0.1) is 0 Å². The molecule has 0 amide bonds. The Morgan fingerprint density at radius 2 is 1.94 bits per heavy atom. The first-order valence-corrected chi connectivity index (χ1v) is 7.06. The van der Waals surface area contributed by atoms with Crippen molar-refractivity contribution in [2.45, 2.75) is 38.4 Å². The Labute approximate surface area is 119 Å². The van der Waals surface area contributed by atoms with Crippen LogP contribution in [0.1, 0.15) is 37.8 Å². The van der Waals surface area contributed by atoms with Crippen LogP contribution in [0.3, 0.4) is 0 Å². The molecule has 0 aliphatic heterocycles. The second-order valence-corrected chi connectivity index (χ2v) is 5.30. The largest absolute Gasteiger partial charge is 0.389 e. The van der Waals surface area contributed by atoms with Crippen molar-refractivity contribution in [1.29, 1.82) is 0 Å². The standard InChI is InChI=1S/C13H17F3IN/c1-2-18-12(8-5-9-13(14,15)16)10-6-3-4-7-11(10)17/h3-4,6-7,12,18H,2,5,8-9H2,1H3. The van der Waals surface area contributed by atoms with Crippen LogP contribution in [-0.4, -0.2) is 12.7 Å². The van der Waals surface area contributed by atoms with E-state index in [2.05, 4.69) is 27.9 Å². The molecule has 1 aromatic carbocycles. The van der Waals surface area contributed by atoms with Crippen molar-refractivity contribution < 1.29 is 13.2 Å². The molecule has 0 bridgehead atoms. The van der Waals surface area contributed by atoms with Gasteiger partial charge in [0.15, 0.2) is 0 Å². The second-order valence-electron chi connectivity index (χ2n) is 4.14. The van der Waals surface area contributed by atoms with Gasteiger partial charge in [0.1, 0.15) is 0 Å². The third-order valence-electron chi connectivity index (χ3n) is 2.68. The van der Waals surface area contributed by atoms with E-state index in [1.807, 2.05) is 31.2 Å². The van der Waals surface area contributed by atoms with Crippen molar-refractivity contribution in [3.63, 3.8) is 0 Å². The fourth-order valence-electron chi connectivity index (χ4n) is 1.88. The van der Waals surface area contributed by atoms with Crippen LogP contribution in [0, 0.1) is 3.57 Å². The summed E-state index contributed by atoms with van der Waals surface area (Å²) >= 11 is 2.22. The molecule has 0 radical (unpaired) electrons. The van der Waals surface area contributed by atoms with Gasteiger partial charge in [-0.05, 0) is 53.6 Å². The van der Waals surface area contributed by atoms with Gasteiger partial charge >= 0.3 is 6.18 Å². The van der Waals surface area contributed by atoms with Crippen LogP contribution in [0.4, 0.5) is 13.2 Å². The predicted molar refractivity (Wildman–Crippen MR) is 75.5 cm³/mol. The number of alkyl halides is 3. The first-order valence-electron chi connectivity index (χ1n) is 5.98. The van der Waals surface area contributed by atoms with E-state index in [0.717, 1.165) is 15.7 Å². The van der Waals surface area contributed by atoms with Gasteiger partial charge in [0, 0.05) is 16.0 Å². The number of hydrogen-bond acceptors (Lipinski definition) is 1. The van der Waals surface area contributed by atoms with Crippen LogP contribution in [0.25, 0.3) is 0 Å². The molecule has 0 spiro atoms. The van der Waals surface area contributed by atoms with Gasteiger partial charge in [-0.3, -0.25) is 0 Å². The van der Waals surface area contributed by atoms with Gasteiger partial charge in [-0.1, -0.05) is 25.1 Å². The summed E-state index contributed by atoms with van der Waals surface area (Å²) in [4.78, 5) is 0. The van der Waals surface area contributed by atoms with E-state index in [1.54, 1.807) is 0 Å². The summed E-state index contributed by atoms with van der Waals surface area (Å²) in [5, 5.41) is 3.25. The molecule has 1 atom stereocenters. The summed E-state index contributed by atoms with van der Waals surface area (Å²) in [6.07, 6.45) is -4.10. The summed E-state index contributed by atoms with van der Waals surface area (Å²) in [6.45, 7) is 2.72. The van der Waals surface area contributed by atoms with Crippen molar-refractivity contribution in [3.8, 4) is 0 Å². The highest BCUT2D eigenvalue weighted by Crippen LogP contribution is 2.28. The minimum Gasteiger partial charge on any atom is -0.310 e. The Bertz CT molecular complexity index is 365. The summed E-state index contributed by atoms with van der Waals surface area (Å²) in [5.41, 5.74) is 1.09. The molecule has 0 heterocycles. The normalized spacial score (nSPS) is 13.6. The van der Waals surface area contributed by atoms with Crippen LogP contribution in [0.2, 0.25) is 0 Å². The average molecular weight is 371 g/mol. The first-order chi connectivity index (χ1) is 8.44. The first kappa shape index (κ1) is 15.8. The molecule has 0 aromatic heterocycles. The maximum Gasteiger partial charge on any atom is 0.389 e. The Morgan fingerprint density at radius 3 is 2.50 bits per heavy atom. The van der Waals surface area contributed by atoms with Crippen molar-refractivity contribution >= 4 is 22.6 Å². The molecule has 1 rings (SSSR count). The lowest BCUT2D eigenvalue weighted by Gasteiger charge is -2.20. The highest BCUT2D eigenvalue weighted by molar-refractivity contribution is 14.1. The SMILES string of the molecule is CCNC(CCCC(F)(F)F)c1ccccc1I. The summed E-state index contributed by atoms with van der Waals surface area (Å²) < 4.78 is 37.5. The van der Waals surface area contributed by atoms with Crippen LogP contribution in [-0.2, 0) is 0 Å². The number of benzene rings is 1. The fourth-order valence-corrected chi connectivity index (χ4v) is 2.64. The molecule has 18 heavy (non-hydrogen) atoms. The molecule has 1 aromatic rings. The van der Waals surface area contributed by atoms with E-state index >= 15 is 0 Å². The molecule has 0 saturated carbocycles. The minimum absolute atomic E-state index is 0.00505. The van der Waals surface area contributed by atoms with Crippen LogP contribution >= 0.6 is 22.6 Å². The third-order valence-corrected chi connectivity index (χ3v) is 3.67. The second kappa shape index (κ2) is 7.33. The fraction of sp³-hybridized carbons (Fsp3) is 0.538. The average Bonchev–Trinajstić information content (AvgIpc) is 2.27. The van der Waals surface area contributed by atoms with Gasteiger partial charge < -0.3 is 5.32 Å². The lowest BCUT2D eigenvalue weighted by Crippen LogP contribution is -2.22. The Morgan fingerprint density at radius 1 is 1.28 bits per heavy atom. The molecule has 0 saturated heterocycles. The summed E-state index contributed by atoms with van der Waals surface area (Å²) in [5.74, 6) is 0. The monoisotopic (exact) mass is 371 g/mol. The molecular formula is C13H17F3IN. The number of halogens is 4. The van der Waals surface area contributed by atoms with E-state index in [1.165, 1.54) is 0 Å².